The summed E-state index contributed by atoms with van der Waals surface area (Å²) in [4.78, 5) is 0. The van der Waals surface area contributed by atoms with Gasteiger partial charge in [-0.1, -0.05) is 15.9 Å². The molecule has 2 N–H and O–H groups in total. The molecule has 0 atom stereocenters. The number of nitrogens with zero attached hydrogens (tertiary/aromatic N) is 2. The Hall–Kier alpha value is -1.36. The fraction of sp³-hybridized carbons (Fsp3) is 0.100. The number of aromatic nitrogens is 2. The van der Waals surface area contributed by atoms with Gasteiger partial charge < -0.3 is 5.73 Å². The lowest BCUT2D eigenvalue weighted by Gasteiger charge is -2.03. The Balaban J connectivity index is 2.27. The van der Waals surface area contributed by atoms with Gasteiger partial charge in [0.1, 0.15) is 5.82 Å². The van der Waals surface area contributed by atoms with Gasteiger partial charge in [0, 0.05) is 16.2 Å². The highest BCUT2D eigenvalue weighted by molar-refractivity contribution is 9.10. The van der Waals surface area contributed by atoms with Gasteiger partial charge >= 0.3 is 0 Å². The highest BCUT2D eigenvalue weighted by Crippen LogP contribution is 2.16. The van der Waals surface area contributed by atoms with E-state index in [0.29, 0.717) is 17.8 Å². The number of nitrogens with two attached hydrogens (primary N) is 1. The lowest BCUT2D eigenvalue weighted by molar-refractivity contribution is 0.585. The number of rotatable bonds is 2. The molecular formula is C10H9BrFN3. The van der Waals surface area contributed by atoms with Gasteiger partial charge in [-0.05, 0) is 18.2 Å². The van der Waals surface area contributed by atoms with E-state index in [1.54, 1.807) is 23.0 Å². The zero-order valence-electron chi connectivity index (χ0n) is 7.82. The SMILES string of the molecule is Nc1cnn(Cc2cc(Br)ccc2F)c1. The number of halogens is 2. The van der Waals surface area contributed by atoms with Gasteiger partial charge in [-0.25, -0.2) is 4.39 Å². The smallest absolute Gasteiger partial charge is 0.128 e. The van der Waals surface area contributed by atoms with E-state index in [0.717, 1.165) is 4.47 Å². The largest absolute Gasteiger partial charge is 0.396 e. The van der Waals surface area contributed by atoms with Gasteiger partial charge in [-0.15, -0.1) is 0 Å². The van der Waals surface area contributed by atoms with Crippen LogP contribution in [0.4, 0.5) is 10.1 Å². The fourth-order valence-corrected chi connectivity index (χ4v) is 1.71. The summed E-state index contributed by atoms with van der Waals surface area (Å²) >= 11 is 3.29. The molecule has 0 aliphatic carbocycles. The molecule has 5 heteroatoms. The number of hydrogen-bond acceptors (Lipinski definition) is 2. The number of anilines is 1. The predicted octanol–water partition coefficient (Wildman–Crippen LogP) is 2.42. The molecule has 0 spiro atoms. The first-order chi connectivity index (χ1) is 7.15. The Morgan fingerprint density at radius 1 is 1.47 bits per heavy atom. The van der Waals surface area contributed by atoms with Crippen LogP contribution in [-0.2, 0) is 6.54 Å². The molecule has 0 fully saturated rings. The molecule has 1 aromatic carbocycles. The van der Waals surface area contributed by atoms with Crippen LogP contribution in [0.15, 0.2) is 35.1 Å². The molecule has 0 amide bonds. The molecule has 0 saturated heterocycles. The Morgan fingerprint density at radius 2 is 2.27 bits per heavy atom. The molecule has 1 aromatic heterocycles. The quantitative estimate of drug-likeness (QED) is 0.910. The van der Waals surface area contributed by atoms with Gasteiger partial charge in [0.05, 0.1) is 18.4 Å². The first-order valence-electron chi connectivity index (χ1n) is 4.37. The monoisotopic (exact) mass is 269 g/mol. The molecule has 15 heavy (non-hydrogen) atoms. The zero-order valence-corrected chi connectivity index (χ0v) is 9.41. The maximum absolute atomic E-state index is 13.4. The first-order valence-corrected chi connectivity index (χ1v) is 5.16. The summed E-state index contributed by atoms with van der Waals surface area (Å²) < 4.78 is 15.8. The average molecular weight is 270 g/mol. The van der Waals surface area contributed by atoms with Crippen LogP contribution in [0, 0.1) is 5.82 Å². The number of benzene rings is 1. The van der Waals surface area contributed by atoms with Crippen LogP contribution < -0.4 is 5.73 Å². The van der Waals surface area contributed by atoms with Crippen molar-refractivity contribution in [3.05, 3.63) is 46.4 Å². The Bertz CT molecular complexity index is 481. The molecule has 1 heterocycles. The second kappa shape index (κ2) is 4.02. The predicted molar refractivity (Wildman–Crippen MR) is 59.8 cm³/mol. The molecular weight excluding hydrogens is 261 g/mol. The molecule has 0 bridgehead atoms. The molecule has 78 valence electrons. The van der Waals surface area contributed by atoms with Crippen molar-refractivity contribution >= 4 is 21.6 Å². The molecule has 0 radical (unpaired) electrons. The van der Waals surface area contributed by atoms with E-state index >= 15 is 0 Å². The lowest BCUT2D eigenvalue weighted by Crippen LogP contribution is -2.02. The van der Waals surface area contributed by atoms with Gasteiger partial charge in [0.2, 0.25) is 0 Å². The molecule has 0 unspecified atom stereocenters. The fourth-order valence-electron chi connectivity index (χ4n) is 1.31. The van der Waals surface area contributed by atoms with Crippen molar-refractivity contribution in [3.8, 4) is 0 Å². The van der Waals surface area contributed by atoms with Crippen LogP contribution in [0.25, 0.3) is 0 Å². The van der Waals surface area contributed by atoms with Crippen molar-refractivity contribution in [2.45, 2.75) is 6.54 Å². The maximum Gasteiger partial charge on any atom is 0.128 e. The van der Waals surface area contributed by atoms with Crippen molar-refractivity contribution in [1.29, 1.82) is 0 Å². The van der Waals surface area contributed by atoms with Gasteiger partial charge in [0.15, 0.2) is 0 Å². The number of nitrogen functional groups attached to an aromatic ring is 1. The lowest BCUT2D eigenvalue weighted by atomic mass is 10.2. The second-order valence-electron chi connectivity index (χ2n) is 3.21. The third-order valence-corrected chi connectivity index (χ3v) is 2.49. The maximum atomic E-state index is 13.4. The van der Waals surface area contributed by atoms with Crippen LogP contribution in [0.2, 0.25) is 0 Å². The van der Waals surface area contributed by atoms with Crippen molar-refractivity contribution in [1.82, 2.24) is 9.78 Å². The van der Waals surface area contributed by atoms with Crippen molar-refractivity contribution in [3.63, 3.8) is 0 Å². The standard InChI is InChI=1S/C10H9BrFN3/c11-8-1-2-10(12)7(3-8)5-15-6-9(13)4-14-15/h1-4,6H,5,13H2. The molecule has 0 saturated carbocycles. The van der Waals surface area contributed by atoms with Crippen LogP contribution >= 0.6 is 15.9 Å². The van der Waals surface area contributed by atoms with Crippen LogP contribution in [-0.4, -0.2) is 9.78 Å². The van der Waals surface area contributed by atoms with Crippen molar-refractivity contribution < 1.29 is 4.39 Å². The first kappa shape index (κ1) is 10.2. The molecule has 0 aliphatic heterocycles. The third-order valence-electron chi connectivity index (χ3n) is 1.99. The summed E-state index contributed by atoms with van der Waals surface area (Å²) in [6, 6.07) is 4.82. The molecule has 0 aliphatic rings. The van der Waals surface area contributed by atoms with Gasteiger partial charge in [0.25, 0.3) is 0 Å². The zero-order chi connectivity index (χ0) is 10.8. The molecule has 3 nitrogen and oxygen atoms in total. The Morgan fingerprint density at radius 3 is 2.93 bits per heavy atom. The summed E-state index contributed by atoms with van der Waals surface area (Å²) in [5.41, 5.74) is 6.66. The molecule has 2 rings (SSSR count). The van der Waals surface area contributed by atoms with Gasteiger partial charge in [-0.2, -0.15) is 5.10 Å². The minimum atomic E-state index is -0.243. The van der Waals surface area contributed by atoms with Crippen LogP contribution in [0.5, 0.6) is 0 Å². The van der Waals surface area contributed by atoms with E-state index in [9.17, 15) is 4.39 Å². The highest BCUT2D eigenvalue weighted by atomic mass is 79.9. The highest BCUT2D eigenvalue weighted by Gasteiger charge is 2.04. The van der Waals surface area contributed by atoms with E-state index in [2.05, 4.69) is 21.0 Å². The molecule has 2 aromatic rings. The van der Waals surface area contributed by atoms with Crippen LogP contribution in [0.3, 0.4) is 0 Å². The summed E-state index contributed by atoms with van der Waals surface area (Å²) in [6.45, 7) is 0.377. The van der Waals surface area contributed by atoms with E-state index in [-0.39, 0.29) is 5.82 Å². The minimum absolute atomic E-state index is 0.243. The Labute approximate surface area is 94.8 Å². The average Bonchev–Trinajstić information content (AvgIpc) is 2.58. The topological polar surface area (TPSA) is 43.8 Å². The summed E-state index contributed by atoms with van der Waals surface area (Å²) in [7, 11) is 0. The Kier molecular flexibility index (Phi) is 2.73. The van der Waals surface area contributed by atoms with E-state index in [1.807, 2.05) is 0 Å². The summed E-state index contributed by atoms with van der Waals surface area (Å²) in [5, 5.41) is 3.99. The second-order valence-corrected chi connectivity index (χ2v) is 4.12. The number of hydrogen-bond donors (Lipinski definition) is 1. The van der Waals surface area contributed by atoms with E-state index in [4.69, 9.17) is 5.73 Å². The summed E-state index contributed by atoms with van der Waals surface area (Å²) in [5.74, 6) is -0.243. The summed E-state index contributed by atoms with van der Waals surface area (Å²) in [6.07, 6.45) is 3.20. The van der Waals surface area contributed by atoms with E-state index < -0.39 is 0 Å². The van der Waals surface area contributed by atoms with Crippen molar-refractivity contribution in [2.75, 3.05) is 5.73 Å². The normalized spacial score (nSPS) is 10.5. The van der Waals surface area contributed by atoms with Crippen molar-refractivity contribution in [2.24, 2.45) is 0 Å². The van der Waals surface area contributed by atoms with Gasteiger partial charge in [-0.3, -0.25) is 4.68 Å². The third kappa shape index (κ3) is 2.36. The minimum Gasteiger partial charge on any atom is -0.396 e. The van der Waals surface area contributed by atoms with E-state index in [1.165, 1.54) is 12.3 Å². The van der Waals surface area contributed by atoms with Crippen LogP contribution in [0.1, 0.15) is 5.56 Å².